The number of fused-ring (bicyclic) bond motifs is 1. The molecule has 0 radical (unpaired) electrons. The van der Waals surface area contributed by atoms with Gasteiger partial charge in [-0.05, 0) is 29.3 Å². The van der Waals surface area contributed by atoms with Gasteiger partial charge in [-0.3, -0.25) is 19.5 Å². The van der Waals surface area contributed by atoms with Crippen molar-refractivity contribution in [3.8, 4) is 0 Å². The predicted molar refractivity (Wildman–Crippen MR) is 124 cm³/mol. The van der Waals surface area contributed by atoms with Crippen LogP contribution in [0, 0.1) is 10.1 Å². The van der Waals surface area contributed by atoms with Gasteiger partial charge in [-0.1, -0.05) is 72.0 Å². The van der Waals surface area contributed by atoms with E-state index in [4.69, 9.17) is 0 Å². The lowest BCUT2D eigenvalue weighted by Crippen LogP contribution is -2.40. The van der Waals surface area contributed by atoms with E-state index in [1.807, 2.05) is 60.7 Å². The number of benzene rings is 3. The van der Waals surface area contributed by atoms with Gasteiger partial charge in [0, 0.05) is 17.7 Å². The zero-order valence-corrected chi connectivity index (χ0v) is 17.5. The van der Waals surface area contributed by atoms with Crippen molar-refractivity contribution in [3.05, 3.63) is 131 Å². The first-order valence-electron chi connectivity index (χ1n) is 9.85. The number of rotatable bonds is 4. The molecule has 1 aliphatic rings. The van der Waals surface area contributed by atoms with Gasteiger partial charge in [0.15, 0.2) is 0 Å². The molecule has 2 heterocycles. The summed E-state index contributed by atoms with van der Waals surface area (Å²) in [6, 6.07) is 25.1. The predicted octanol–water partition coefficient (Wildman–Crippen LogP) is 3.27. The molecular weight excluding hydrogens is 424 g/mol. The van der Waals surface area contributed by atoms with E-state index < -0.39 is 11.0 Å². The number of hydrogen-bond acceptors (Lipinski definition) is 6. The Bertz CT molecular complexity index is 1510. The van der Waals surface area contributed by atoms with E-state index in [2.05, 4.69) is 10.2 Å². The summed E-state index contributed by atoms with van der Waals surface area (Å²) < 4.78 is 2.16. The number of aromatic nitrogens is 1. The van der Waals surface area contributed by atoms with Gasteiger partial charge in [0.05, 0.1) is 15.2 Å². The summed E-state index contributed by atoms with van der Waals surface area (Å²) in [5.74, 6) is 0. The topological polar surface area (TPSA) is 89.9 Å². The Morgan fingerprint density at radius 1 is 0.906 bits per heavy atom. The van der Waals surface area contributed by atoms with E-state index in [0.29, 0.717) is 20.6 Å². The maximum absolute atomic E-state index is 13.5. The van der Waals surface area contributed by atoms with E-state index in [0.717, 1.165) is 11.1 Å². The number of hydrogen-bond donors (Lipinski definition) is 0. The zero-order valence-electron chi connectivity index (χ0n) is 16.7. The zero-order chi connectivity index (χ0) is 22.1. The van der Waals surface area contributed by atoms with Gasteiger partial charge >= 0.3 is 0 Å². The normalized spacial score (nSPS) is 15.6. The molecule has 32 heavy (non-hydrogen) atoms. The fourth-order valence-electron chi connectivity index (χ4n) is 3.67. The Morgan fingerprint density at radius 3 is 2.22 bits per heavy atom. The van der Waals surface area contributed by atoms with E-state index in [1.165, 1.54) is 23.5 Å². The molecule has 0 bridgehead atoms. The minimum atomic E-state index is -0.450. The molecule has 8 heteroatoms. The fourth-order valence-corrected chi connectivity index (χ4v) is 4.61. The second kappa shape index (κ2) is 8.16. The van der Waals surface area contributed by atoms with Crippen LogP contribution in [0.1, 0.15) is 22.7 Å². The van der Waals surface area contributed by atoms with Crippen molar-refractivity contribution in [1.29, 1.82) is 0 Å². The van der Waals surface area contributed by atoms with Crippen LogP contribution in [0.25, 0.3) is 6.08 Å². The summed E-state index contributed by atoms with van der Waals surface area (Å²) in [5.41, 5.74) is 3.06. The molecule has 1 aliphatic heterocycles. The SMILES string of the molecule is O=c1/c(=C/c2ccc([N+](=O)[O-])cc2)sc2n1C(c1ccccc1)C(c1ccccc1)=NN=2. The van der Waals surface area contributed by atoms with Gasteiger partial charge in [0.25, 0.3) is 11.2 Å². The van der Waals surface area contributed by atoms with Crippen LogP contribution in [0.4, 0.5) is 5.69 Å². The van der Waals surface area contributed by atoms with Gasteiger partial charge in [-0.15, -0.1) is 10.2 Å². The van der Waals surface area contributed by atoms with Crippen LogP contribution in [0.3, 0.4) is 0 Å². The summed E-state index contributed by atoms with van der Waals surface area (Å²) in [6.07, 6.45) is 1.72. The van der Waals surface area contributed by atoms with Crippen molar-refractivity contribution in [2.24, 2.45) is 10.2 Å². The maximum atomic E-state index is 13.5. The molecule has 0 spiro atoms. The molecule has 0 fully saturated rings. The fraction of sp³-hybridized carbons (Fsp3) is 0.0417. The third-order valence-corrected chi connectivity index (χ3v) is 6.16. The monoisotopic (exact) mass is 440 g/mol. The Morgan fingerprint density at radius 2 is 1.56 bits per heavy atom. The second-order valence-electron chi connectivity index (χ2n) is 7.18. The van der Waals surface area contributed by atoms with E-state index in [-0.39, 0.29) is 11.2 Å². The minimum Gasteiger partial charge on any atom is -0.268 e. The molecule has 0 saturated heterocycles. The molecule has 4 aromatic rings. The Labute approximate surface area is 186 Å². The van der Waals surface area contributed by atoms with Gasteiger partial charge in [0.1, 0.15) is 6.04 Å². The summed E-state index contributed by atoms with van der Waals surface area (Å²) >= 11 is 1.25. The molecule has 3 aromatic carbocycles. The van der Waals surface area contributed by atoms with E-state index >= 15 is 0 Å². The molecule has 1 unspecified atom stereocenters. The van der Waals surface area contributed by atoms with Gasteiger partial charge in [-0.25, -0.2) is 0 Å². The van der Waals surface area contributed by atoms with Gasteiger partial charge in [-0.2, -0.15) is 0 Å². The smallest absolute Gasteiger partial charge is 0.268 e. The van der Waals surface area contributed by atoms with Crippen molar-refractivity contribution in [2.75, 3.05) is 0 Å². The van der Waals surface area contributed by atoms with Crippen molar-refractivity contribution in [1.82, 2.24) is 4.57 Å². The average molecular weight is 440 g/mol. The lowest BCUT2D eigenvalue weighted by molar-refractivity contribution is -0.384. The summed E-state index contributed by atoms with van der Waals surface area (Å²) in [5, 5.41) is 19.7. The van der Waals surface area contributed by atoms with Crippen LogP contribution in [-0.4, -0.2) is 15.2 Å². The largest absolute Gasteiger partial charge is 0.271 e. The van der Waals surface area contributed by atoms with Gasteiger partial charge in [0.2, 0.25) is 4.80 Å². The Kier molecular flexibility index (Phi) is 5.04. The molecule has 1 atom stereocenters. The van der Waals surface area contributed by atoms with E-state index in [1.54, 1.807) is 22.8 Å². The molecule has 156 valence electrons. The van der Waals surface area contributed by atoms with Crippen LogP contribution < -0.4 is 14.9 Å². The molecule has 0 N–H and O–H groups in total. The number of nitrogens with zero attached hydrogens (tertiary/aromatic N) is 4. The van der Waals surface area contributed by atoms with Gasteiger partial charge < -0.3 is 0 Å². The summed E-state index contributed by atoms with van der Waals surface area (Å²) in [7, 11) is 0. The second-order valence-corrected chi connectivity index (χ2v) is 8.19. The first kappa shape index (κ1) is 19.8. The molecular formula is C24H16N4O3S. The Hall–Kier alpha value is -4.17. The van der Waals surface area contributed by atoms with Crippen LogP contribution in [0.2, 0.25) is 0 Å². The van der Waals surface area contributed by atoms with Crippen molar-refractivity contribution >= 4 is 28.8 Å². The summed E-state index contributed by atoms with van der Waals surface area (Å²) in [4.78, 5) is 24.4. The molecule has 7 nitrogen and oxygen atoms in total. The highest BCUT2D eigenvalue weighted by Gasteiger charge is 2.28. The number of non-ortho nitro benzene ring substituents is 1. The minimum absolute atomic E-state index is 0.00407. The highest BCUT2D eigenvalue weighted by Crippen LogP contribution is 2.24. The highest BCUT2D eigenvalue weighted by atomic mass is 32.1. The van der Waals surface area contributed by atoms with Crippen LogP contribution >= 0.6 is 11.3 Å². The van der Waals surface area contributed by atoms with Crippen LogP contribution in [-0.2, 0) is 0 Å². The first-order chi connectivity index (χ1) is 15.6. The lowest BCUT2D eigenvalue weighted by Gasteiger charge is -2.22. The Balaban J connectivity index is 1.67. The molecule has 0 amide bonds. The maximum Gasteiger partial charge on any atom is 0.271 e. The average Bonchev–Trinajstić information content (AvgIpc) is 3.15. The lowest BCUT2D eigenvalue weighted by atomic mass is 9.96. The summed E-state index contributed by atoms with van der Waals surface area (Å²) in [6.45, 7) is 0. The number of nitro benzene ring substituents is 1. The molecule has 0 aliphatic carbocycles. The van der Waals surface area contributed by atoms with Crippen molar-refractivity contribution in [3.63, 3.8) is 0 Å². The first-order valence-corrected chi connectivity index (χ1v) is 10.7. The van der Waals surface area contributed by atoms with Crippen LogP contribution in [0.15, 0.2) is 99.9 Å². The third-order valence-electron chi connectivity index (χ3n) is 5.18. The third kappa shape index (κ3) is 3.57. The molecule has 0 saturated carbocycles. The quantitative estimate of drug-likeness (QED) is 0.360. The van der Waals surface area contributed by atoms with Crippen LogP contribution in [0.5, 0.6) is 0 Å². The molecule has 5 rings (SSSR count). The standard InChI is InChI=1S/C24H16N4O3S/c29-23-20(15-16-11-13-19(14-12-16)28(30)31)32-24-26-25-21(17-7-3-1-4-8-17)22(27(23)24)18-9-5-2-6-10-18/h1-15,22H/b20-15-. The molecule has 1 aromatic heterocycles. The van der Waals surface area contributed by atoms with Crippen molar-refractivity contribution < 1.29 is 4.92 Å². The number of nitro groups is 1. The van der Waals surface area contributed by atoms with Crippen molar-refractivity contribution in [2.45, 2.75) is 6.04 Å². The number of thiazole rings is 1. The highest BCUT2D eigenvalue weighted by molar-refractivity contribution is 7.07. The van der Waals surface area contributed by atoms with E-state index in [9.17, 15) is 14.9 Å².